The fraction of sp³-hybridized carbons (Fsp3) is 0.350. The molecule has 0 aromatic heterocycles. The number of morpholine rings is 1. The first-order valence-electron chi connectivity index (χ1n) is 9.10. The molecule has 162 valence electrons. The Kier molecular flexibility index (Phi) is 7.17. The zero-order chi connectivity index (χ0) is 21.7. The number of rotatable bonds is 5. The van der Waals surface area contributed by atoms with Crippen LogP contribution >= 0.6 is 11.6 Å². The highest BCUT2D eigenvalue weighted by Crippen LogP contribution is 2.28. The Labute approximate surface area is 175 Å². The Hall–Kier alpha value is -2.36. The lowest BCUT2D eigenvalue weighted by molar-refractivity contribution is -0.209. The third-order valence-electron chi connectivity index (χ3n) is 4.50. The van der Waals surface area contributed by atoms with Crippen LogP contribution in [0.1, 0.15) is 11.7 Å². The average Bonchev–Trinajstić information content (AvgIpc) is 2.69. The number of amides is 1. The Morgan fingerprint density at radius 1 is 1.27 bits per heavy atom. The van der Waals surface area contributed by atoms with Gasteiger partial charge in [-0.05, 0) is 42.0 Å². The van der Waals surface area contributed by atoms with Crippen LogP contribution in [0.4, 0.5) is 28.0 Å². The van der Waals surface area contributed by atoms with E-state index in [1.807, 2.05) is 0 Å². The normalized spacial score (nSPS) is 18.6. The zero-order valence-corrected chi connectivity index (χ0v) is 16.4. The maximum atomic E-state index is 13.5. The predicted molar refractivity (Wildman–Crippen MR) is 103 cm³/mol. The van der Waals surface area contributed by atoms with Gasteiger partial charge in [0.1, 0.15) is 5.82 Å². The number of carbonyl (C=O) groups excluding carboxylic acids is 1. The number of hydrogen-bond donors (Lipinski definition) is 1. The van der Waals surface area contributed by atoms with Crippen LogP contribution in [0, 0.1) is 5.82 Å². The van der Waals surface area contributed by atoms with Gasteiger partial charge < -0.3 is 9.47 Å². The molecule has 2 aromatic rings. The molecule has 1 aliphatic heterocycles. The molecule has 2 aromatic carbocycles. The van der Waals surface area contributed by atoms with Gasteiger partial charge >= 0.3 is 12.3 Å². The quantitative estimate of drug-likeness (QED) is 0.654. The lowest BCUT2D eigenvalue weighted by Crippen LogP contribution is -2.48. The molecule has 0 saturated carbocycles. The van der Waals surface area contributed by atoms with E-state index in [1.54, 1.807) is 6.07 Å². The summed E-state index contributed by atoms with van der Waals surface area (Å²) < 4.78 is 64.1. The average molecular weight is 447 g/mol. The van der Waals surface area contributed by atoms with Gasteiger partial charge in [-0.3, -0.25) is 10.2 Å². The van der Waals surface area contributed by atoms with Crippen molar-refractivity contribution >= 4 is 23.4 Å². The molecule has 1 fully saturated rings. The summed E-state index contributed by atoms with van der Waals surface area (Å²) in [6, 6.07) is 11.6. The molecule has 1 amide bonds. The summed E-state index contributed by atoms with van der Waals surface area (Å²) in [5.74, 6) is -0.455. The van der Waals surface area contributed by atoms with E-state index in [0.29, 0.717) is 10.6 Å². The van der Waals surface area contributed by atoms with E-state index >= 15 is 0 Å². The molecule has 5 nitrogen and oxygen atoms in total. The Bertz CT molecular complexity index is 864. The number of nitrogens with zero attached hydrogens (tertiary/aromatic N) is 1. The summed E-state index contributed by atoms with van der Waals surface area (Å²) in [5, 5.41) is 2.66. The standard InChI is InChI=1S/C20H19ClF4N2O3/c21-14-4-6-16(7-5-14)26-19(28)30-18(20(23,24)25)12-27-8-9-29-17(11-27)13-2-1-3-15(22)10-13/h1-7,10,17-18H,8-9,11-12H2,(H,26,28)/t17?,18-/m0/s1. The minimum absolute atomic E-state index is 0.109. The molecule has 1 unspecified atom stereocenters. The predicted octanol–water partition coefficient (Wildman–Crippen LogP) is 5.03. The van der Waals surface area contributed by atoms with Crippen molar-refractivity contribution in [3.63, 3.8) is 0 Å². The summed E-state index contributed by atoms with van der Waals surface area (Å²) in [7, 11) is 0. The maximum Gasteiger partial charge on any atom is 0.426 e. The first-order valence-corrected chi connectivity index (χ1v) is 9.48. The molecule has 0 spiro atoms. The van der Waals surface area contributed by atoms with Crippen molar-refractivity contribution in [3.05, 3.63) is 64.9 Å². The largest absolute Gasteiger partial charge is 0.435 e. The van der Waals surface area contributed by atoms with E-state index in [0.717, 1.165) is 0 Å². The Morgan fingerprint density at radius 3 is 2.67 bits per heavy atom. The van der Waals surface area contributed by atoms with Crippen LogP contribution in [0.3, 0.4) is 0 Å². The van der Waals surface area contributed by atoms with Crippen LogP contribution in [-0.4, -0.2) is 49.5 Å². The lowest BCUT2D eigenvalue weighted by atomic mass is 10.1. The highest BCUT2D eigenvalue weighted by atomic mass is 35.5. The van der Waals surface area contributed by atoms with E-state index < -0.39 is 36.8 Å². The smallest absolute Gasteiger partial charge is 0.426 e. The van der Waals surface area contributed by atoms with Crippen molar-refractivity contribution in [2.75, 3.05) is 31.6 Å². The van der Waals surface area contributed by atoms with E-state index in [9.17, 15) is 22.4 Å². The molecule has 0 radical (unpaired) electrons. The second-order valence-electron chi connectivity index (χ2n) is 6.74. The Morgan fingerprint density at radius 2 is 2.00 bits per heavy atom. The van der Waals surface area contributed by atoms with Crippen molar-refractivity contribution in [2.45, 2.75) is 18.4 Å². The maximum absolute atomic E-state index is 13.5. The molecule has 2 atom stereocenters. The van der Waals surface area contributed by atoms with Crippen molar-refractivity contribution in [1.29, 1.82) is 0 Å². The Balaban J connectivity index is 1.62. The number of anilines is 1. The number of halogens is 5. The van der Waals surface area contributed by atoms with Gasteiger partial charge in [0.05, 0.1) is 12.7 Å². The molecule has 10 heteroatoms. The van der Waals surface area contributed by atoms with Gasteiger partial charge in [-0.1, -0.05) is 23.7 Å². The third kappa shape index (κ3) is 6.32. The van der Waals surface area contributed by atoms with Gasteiger partial charge in [-0.15, -0.1) is 0 Å². The molecule has 0 bridgehead atoms. The van der Waals surface area contributed by atoms with E-state index in [-0.39, 0.29) is 25.4 Å². The second-order valence-corrected chi connectivity index (χ2v) is 7.18. The van der Waals surface area contributed by atoms with E-state index in [4.69, 9.17) is 16.3 Å². The molecule has 1 aliphatic rings. The number of ether oxygens (including phenoxy) is 2. The van der Waals surface area contributed by atoms with Gasteiger partial charge in [0.25, 0.3) is 0 Å². The molecule has 1 N–H and O–H groups in total. The monoisotopic (exact) mass is 446 g/mol. The van der Waals surface area contributed by atoms with Crippen LogP contribution in [0.2, 0.25) is 5.02 Å². The molecule has 30 heavy (non-hydrogen) atoms. The summed E-state index contributed by atoms with van der Waals surface area (Å²) in [6.45, 7) is -0.0613. The number of benzene rings is 2. The number of hydrogen-bond acceptors (Lipinski definition) is 4. The van der Waals surface area contributed by atoms with Gasteiger partial charge in [-0.25, -0.2) is 9.18 Å². The highest BCUT2D eigenvalue weighted by molar-refractivity contribution is 6.30. The number of nitrogens with one attached hydrogen (secondary N) is 1. The molecule has 1 heterocycles. The van der Waals surface area contributed by atoms with Crippen LogP contribution in [0.5, 0.6) is 0 Å². The topological polar surface area (TPSA) is 50.8 Å². The van der Waals surface area contributed by atoms with Gasteiger partial charge in [0.15, 0.2) is 0 Å². The summed E-state index contributed by atoms with van der Waals surface area (Å²) in [5.41, 5.74) is 0.785. The molecular weight excluding hydrogens is 428 g/mol. The number of alkyl halides is 3. The van der Waals surface area contributed by atoms with Gasteiger partial charge in [0.2, 0.25) is 6.10 Å². The molecule has 0 aliphatic carbocycles. The van der Waals surface area contributed by atoms with Crippen LogP contribution in [0.25, 0.3) is 0 Å². The minimum atomic E-state index is -4.76. The van der Waals surface area contributed by atoms with Crippen molar-refractivity contribution < 1.29 is 31.8 Å². The van der Waals surface area contributed by atoms with Crippen LogP contribution < -0.4 is 5.32 Å². The molecule has 3 rings (SSSR count). The highest BCUT2D eigenvalue weighted by Gasteiger charge is 2.44. The van der Waals surface area contributed by atoms with E-state index in [1.165, 1.54) is 47.4 Å². The van der Waals surface area contributed by atoms with Gasteiger partial charge in [-0.2, -0.15) is 13.2 Å². The van der Waals surface area contributed by atoms with Crippen LogP contribution in [-0.2, 0) is 9.47 Å². The van der Waals surface area contributed by atoms with Crippen molar-refractivity contribution in [3.8, 4) is 0 Å². The lowest BCUT2D eigenvalue weighted by Gasteiger charge is -2.35. The van der Waals surface area contributed by atoms with Crippen molar-refractivity contribution in [2.24, 2.45) is 0 Å². The second kappa shape index (κ2) is 9.63. The van der Waals surface area contributed by atoms with Crippen molar-refractivity contribution in [1.82, 2.24) is 4.90 Å². The van der Waals surface area contributed by atoms with Gasteiger partial charge in [0, 0.05) is 30.3 Å². The zero-order valence-electron chi connectivity index (χ0n) is 15.7. The summed E-state index contributed by atoms with van der Waals surface area (Å²) >= 11 is 5.74. The first kappa shape index (κ1) is 22.3. The summed E-state index contributed by atoms with van der Waals surface area (Å²) in [4.78, 5) is 13.4. The fourth-order valence-electron chi connectivity index (χ4n) is 3.03. The molecule has 1 saturated heterocycles. The SMILES string of the molecule is O=C(Nc1ccc(Cl)cc1)O[C@@H](CN1CCOC(c2cccc(F)c2)C1)C(F)(F)F. The third-order valence-corrected chi connectivity index (χ3v) is 4.75. The first-order chi connectivity index (χ1) is 14.2. The summed E-state index contributed by atoms with van der Waals surface area (Å²) in [6.07, 6.45) is -8.90. The number of carbonyl (C=O) groups is 1. The fourth-order valence-corrected chi connectivity index (χ4v) is 3.15. The van der Waals surface area contributed by atoms with Crippen LogP contribution in [0.15, 0.2) is 48.5 Å². The van der Waals surface area contributed by atoms with E-state index in [2.05, 4.69) is 10.1 Å². The minimum Gasteiger partial charge on any atom is -0.435 e. The molecular formula is C20H19ClF4N2O3.